The van der Waals surface area contributed by atoms with Gasteiger partial charge in [-0.3, -0.25) is 33.7 Å². The van der Waals surface area contributed by atoms with Gasteiger partial charge in [-0.1, -0.05) is 23.7 Å². The quantitative estimate of drug-likeness (QED) is 0.121. The summed E-state index contributed by atoms with van der Waals surface area (Å²) >= 11 is 6.10. The molecule has 3 amide bonds. The van der Waals surface area contributed by atoms with E-state index < -0.39 is 52.3 Å². The van der Waals surface area contributed by atoms with Gasteiger partial charge in [0.05, 0.1) is 28.8 Å². The van der Waals surface area contributed by atoms with Crippen LogP contribution in [0.1, 0.15) is 68.2 Å². The maximum atomic E-state index is 13.0. The molecule has 0 unspecified atom stereocenters. The second-order valence-electron chi connectivity index (χ2n) is 14.6. The molecular formula is C42H34ClF4N11O7. The second kappa shape index (κ2) is 18.0. The summed E-state index contributed by atoms with van der Waals surface area (Å²) in [4.78, 5) is 62.3. The molecule has 5 aromatic heterocycles. The standard InChI is InChI=1S/C22H13ClF3N5O2.C20H21FN6O5/c23-13-6-12(7-15(8-13)33-22(24,25)26)19-9-18(30-31(19)14-2-1-4-27-10-14)20-17-11-29-21(32)16(17)3-5-28-20;1-10-25-26-17(32-10)16(30)24-20(2,3)19-23-13(14(28)18(31)27(19)4)15(29)22-9-11-5-7-12(21)8-6-11/h1-10H,11H2,(H,29,32);5-8,28H,9H2,1-4H3,(H,22,29)(H,24,30). The Morgan fingerprint density at radius 2 is 1.77 bits per heavy atom. The van der Waals surface area contributed by atoms with Gasteiger partial charge in [0.1, 0.15) is 23.1 Å². The first-order valence-corrected chi connectivity index (χ1v) is 19.4. The number of aryl methyl sites for hydroxylation is 1. The van der Waals surface area contributed by atoms with Gasteiger partial charge in [0.15, 0.2) is 5.69 Å². The van der Waals surface area contributed by atoms with Crippen LogP contribution < -0.4 is 26.2 Å². The van der Waals surface area contributed by atoms with Gasteiger partial charge >= 0.3 is 18.2 Å². The second-order valence-corrected chi connectivity index (χ2v) is 15.1. The summed E-state index contributed by atoms with van der Waals surface area (Å²) in [6, 6.07) is 16.0. The number of fused-ring (bicyclic) bond motifs is 1. The number of aromatic hydroxyl groups is 1. The summed E-state index contributed by atoms with van der Waals surface area (Å²) in [6.07, 6.45) is -0.210. The molecule has 0 saturated carbocycles. The van der Waals surface area contributed by atoms with Crippen LogP contribution >= 0.6 is 11.6 Å². The van der Waals surface area contributed by atoms with E-state index in [0.29, 0.717) is 51.6 Å². The number of amides is 3. The van der Waals surface area contributed by atoms with E-state index in [1.807, 2.05) is 0 Å². The molecule has 0 aliphatic carbocycles. The van der Waals surface area contributed by atoms with E-state index >= 15 is 0 Å². The zero-order valence-corrected chi connectivity index (χ0v) is 35.1. The molecule has 65 heavy (non-hydrogen) atoms. The van der Waals surface area contributed by atoms with Crippen molar-refractivity contribution in [3.8, 4) is 39.8 Å². The van der Waals surface area contributed by atoms with Crippen LogP contribution in [0.5, 0.6) is 11.5 Å². The zero-order valence-electron chi connectivity index (χ0n) is 34.4. The lowest BCUT2D eigenvalue weighted by molar-refractivity contribution is -0.274. The molecule has 2 aromatic carbocycles. The monoisotopic (exact) mass is 915 g/mol. The van der Waals surface area contributed by atoms with Crippen LogP contribution in [0, 0.1) is 12.7 Å². The van der Waals surface area contributed by atoms with Crippen LogP contribution in [0.2, 0.25) is 5.02 Å². The fourth-order valence-corrected chi connectivity index (χ4v) is 6.83. The Hall–Kier alpha value is -8.01. The van der Waals surface area contributed by atoms with Gasteiger partial charge in [0.25, 0.3) is 17.4 Å². The highest BCUT2D eigenvalue weighted by molar-refractivity contribution is 6.31. The summed E-state index contributed by atoms with van der Waals surface area (Å²) in [7, 11) is 1.34. The van der Waals surface area contributed by atoms with E-state index in [-0.39, 0.29) is 35.1 Å². The smallest absolute Gasteiger partial charge is 0.501 e. The first-order valence-electron chi connectivity index (χ1n) is 19.1. The number of hydrogen-bond donors (Lipinski definition) is 4. The molecule has 334 valence electrons. The highest BCUT2D eigenvalue weighted by Gasteiger charge is 2.34. The molecule has 7 aromatic rings. The third kappa shape index (κ3) is 10.1. The molecule has 1 aliphatic rings. The molecule has 0 saturated heterocycles. The lowest BCUT2D eigenvalue weighted by Crippen LogP contribution is -2.46. The molecule has 0 atom stereocenters. The lowest BCUT2D eigenvalue weighted by Gasteiger charge is -2.27. The van der Waals surface area contributed by atoms with E-state index in [9.17, 15) is 41.8 Å². The van der Waals surface area contributed by atoms with E-state index in [0.717, 1.165) is 10.6 Å². The topological polar surface area (TPSA) is 234 Å². The van der Waals surface area contributed by atoms with Gasteiger partial charge < -0.3 is 30.2 Å². The van der Waals surface area contributed by atoms with Crippen LogP contribution in [0.4, 0.5) is 17.6 Å². The highest BCUT2D eigenvalue weighted by atomic mass is 35.5. The Morgan fingerprint density at radius 1 is 1.02 bits per heavy atom. The van der Waals surface area contributed by atoms with Crippen molar-refractivity contribution >= 4 is 29.3 Å². The van der Waals surface area contributed by atoms with Crippen molar-refractivity contribution in [2.45, 2.75) is 45.8 Å². The molecule has 18 nitrogen and oxygen atoms in total. The van der Waals surface area contributed by atoms with Gasteiger partial charge in [0, 0.05) is 61.2 Å². The first kappa shape index (κ1) is 45.0. The number of pyridine rings is 2. The van der Waals surface area contributed by atoms with E-state index in [2.05, 4.69) is 50.9 Å². The van der Waals surface area contributed by atoms with Crippen molar-refractivity contribution < 1.29 is 46.2 Å². The van der Waals surface area contributed by atoms with Crippen LogP contribution in [0.3, 0.4) is 0 Å². The number of aromatic nitrogens is 8. The van der Waals surface area contributed by atoms with Crippen LogP contribution in [-0.2, 0) is 25.7 Å². The Balaban J connectivity index is 0.000000194. The number of ether oxygens (including phenoxy) is 1. The Bertz CT molecular complexity index is 3010. The molecule has 4 N–H and O–H groups in total. The SMILES string of the molecule is Cc1nnc(C(=O)NC(C)(C)c2nc(C(=O)NCc3ccc(F)cc3)c(O)c(=O)n2C)o1.O=C1NCc2c1ccnc2-c1cc(-c2cc(Cl)cc(OC(F)(F)F)c2)n(-c2cccnc2)n1. The number of halogens is 5. The number of alkyl halides is 3. The molecule has 23 heteroatoms. The van der Waals surface area contributed by atoms with Crippen molar-refractivity contribution in [3.63, 3.8) is 0 Å². The number of rotatable bonds is 10. The number of carbonyl (C=O) groups excluding carboxylic acids is 3. The zero-order chi connectivity index (χ0) is 46.8. The van der Waals surface area contributed by atoms with Crippen LogP contribution in [0.25, 0.3) is 28.3 Å². The fourth-order valence-electron chi connectivity index (χ4n) is 6.61. The van der Waals surface area contributed by atoms with Crippen molar-refractivity contribution in [3.05, 3.63) is 147 Å². The van der Waals surface area contributed by atoms with Gasteiger partial charge in [-0.2, -0.15) is 5.10 Å². The van der Waals surface area contributed by atoms with Gasteiger partial charge in [-0.25, -0.2) is 14.1 Å². The third-order valence-corrected chi connectivity index (χ3v) is 9.74. The Labute approximate surface area is 369 Å². The molecule has 8 rings (SSSR count). The average molecular weight is 916 g/mol. The summed E-state index contributed by atoms with van der Waals surface area (Å²) < 4.78 is 63.1. The van der Waals surface area contributed by atoms with Crippen molar-refractivity contribution in [1.82, 2.24) is 55.4 Å². The maximum absolute atomic E-state index is 13.0. The summed E-state index contributed by atoms with van der Waals surface area (Å²) in [5, 5.41) is 30.0. The molecule has 0 bridgehead atoms. The molecule has 0 radical (unpaired) electrons. The molecule has 0 spiro atoms. The number of nitrogens with zero attached hydrogens (tertiary/aromatic N) is 8. The number of hydrogen-bond acceptors (Lipinski definition) is 13. The Kier molecular flexibility index (Phi) is 12.5. The predicted molar refractivity (Wildman–Crippen MR) is 221 cm³/mol. The lowest BCUT2D eigenvalue weighted by atomic mass is 10.0. The number of nitrogens with one attached hydrogen (secondary N) is 3. The largest absolute Gasteiger partial charge is 0.573 e. The molecule has 6 heterocycles. The minimum absolute atomic E-state index is 0.00294. The van der Waals surface area contributed by atoms with E-state index in [1.165, 1.54) is 61.2 Å². The summed E-state index contributed by atoms with van der Waals surface area (Å²) in [5.74, 6) is -3.54. The Morgan fingerprint density at radius 3 is 2.45 bits per heavy atom. The van der Waals surface area contributed by atoms with Gasteiger partial charge in [0.2, 0.25) is 11.6 Å². The highest BCUT2D eigenvalue weighted by Crippen LogP contribution is 2.36. The minimum atomic E-state index is -4.87. The number of benzene rings is 2. The molecule has 0 fully saturated rings. The number of carbonyl (C=O) groups is 3. The normalized spacial score (nSPS) is 12.2. The third-order valence-electron chi connectivity index (χ3n) is 9.52. The van der Waals surface area contributed by atoms with E-state index in [1.54, 1.807) is 50.5 Å². The minimum Gasteiger partial charge on any atom is -0.501 e. The van der Waals surface area contributed by atoms with Gasteiger partial charge in [-0.05, 0) is 74.0 Å². The summed E-state index contributed by atoms with van der Waals surface area (Å²) in [6.45, 7) is 4.94. The average Bonchev–Trinajstić information content (AvgIpc) is 4.01. The molecule has 1 aliphatic heterocycles. The predicted octanol–water partition coefficient (Wildman–Crippen LogP) is 5.70. The first-order chi connectivity index (χ1) is 30.8. The van der Waals surface area contributed by atoms with Crippen molar-refractivity contribution in [2.24, 2.45) is 7.05 Å². The van der Waals surface area contributed by atoms with Gasteiger partial charge in [-0.15, -0.1) is 23.4 Å². The molecular weight excluding hydrogens is 882 g/mol. The van der Waals surface area contributed by atoms with Crippen LogP contribution in [-0.4, -0.2) is 68.7 Å². The van der Waals surface area contributed by atoms with E-state index in [4.69, 9.17) is 16.0 Å². The van der Waals surface area contributed by atoms with Crippen LogP contribution in [0.15, 0.2) is 94.5 Å². The van der Waals surface area contributed by atoms with Crippen molar-refractivity contribution in [1.29, 1.82) is 0 Å². The maximum Gasteiger partial charge on any atom is 0.573 e. The summed E-state index contributed by atoms with van der Waals surface area (Å²) in [5.41, 5.74) is 1.40. The fraction of sp³-hybridized carbons (Fsp3) is 0.190. The van der Waals surface area contributed by atoms with Crippen molar-refractivity contribution in [2.75, 3.05) is 0 Å².